The Morgan fingerprint density at radius 2 is 1.80 bits per heavy atom. The van der Waals surface area contributed by atoms with Crippen LogP contribution in [0.5, 0.6) is 5.75 Å². The Morgan fingerprint density at radius 3 is 2.40 bits per heavy atom. The minimum atomic E-state index is -1.04. The molecule has 1 N–H and O–H groups in total. The third-order valence-electron chi connectivity index (χ3n) is 3.91. The zero-order valence-corrected chi connectivity index (χ0v) is 13.5. The van der Waals surface area contributed by atoms with Crippen LogP contribution in [0.3, 0.4) is 0 Å². The summed E-state index contributed by atoms with van der Waals surface area (Å²) in [5.41, 5.74) is 0.552. The standard InChI is InChI=1S/C17H18N4O4/c22-16(23)12-25-14-5-3-13(4-6-14)17(24)21-10-8-20(9-11-21)15-2-1-7-18-19-15/h1-7H,8-12H2,(H,22,23). The topological polar surface area (TPSA) is 95.9 Å². The third-order valence-corrected chi connectivity index (χ3v) is 3.91. The van der Waals surface area contributed by atoms with Crippen LogP contribution in [0.2, 0.25) is 0 Å². The van der Waals surface area contributed by atoms with Crippen LogP contribution < -0.4 is 9.64 Å². The number of aliphatic carboxylic acids is 1. The highest BCUT2D eigenvalue weighted by molar-refractivity contribution is 5.94. The van der Waals surface area contributed by atoms with Crippen LogP contribution in [-0.2, 0) is 4.79 Å². The fraction of sp³-hybridized carbons (Fsp3) is 0.294. The van der Waals surface area contributed by atoms with Crippen LogP contribution in [0.25, 0.3) is 0 Å². The van der Waals surface area contributed by atoms with Gasteiger partial charge in [-0.15, -0.1) is 5.10 Å². The largest absolute Gasteiger partial charge is 0.482 e. The molecule has 3 rings (SSSR count). The summed E-state index contributed by atoms with van der Waals surface area (Å²) in [5, 5.41) is 16.6. The van der Waals surface area contributed by atoms with E-state index in [1.807, 2.05) is 12.1 Å². The number of carboxylic acids is 1. The third kappa shape index (κ3) is 4.23. The summed E-state index contributed by atoms with van der Waals surface area (Å²) in [6.45, 7) is 2.20. The monoisotopic (exact) mass is 342 g/mol. The van der Waals surface area contributed by atoms with Gasteiger partial charge in [-0.1, -0.05) is 0 Å². The SMILES string of the molecule is O=C(O)COc1ccc(C(=O)N2CCN(c3cccnn3)CC2)cc1. The molecule has 0 aliphatic carbocycles. The lowest BCUT2D eigenvalue weighted by Crippen LogP contribution is -2.49. The molecule has 0 saturated carbocycles. The molecule has 1 fully saturated rings. The van der Waals surface area contributed by atoms with Crippen molar-refractivity contribution in [1.29, 1.82) is 0 Å². The first-order valence-corrected chi connectivity index (χ1v) is 7.90. The number of anilines is 1. The molecule has 1 aromatic heterocycles. The number of aromatic nitrogens is 2. The smallest absolute Gasteiger partial charge is 0.341 e. The molecule has 8 nitrogen and oxygen atoms in total. The number of hydrogen-bond acceptors (Lipinski definition) is 6. The maximum absolute atomic E-state index is 12.6. The molecule has 2 aromatic rings. The fourth-order valence-electron chi connectivity index (χ4n) is 2.62. The summed E-state index contributed by atoms with van der Waals surface area (Å²) in [4.78, 5) is 26.9. The van der Waals surface area contributed by atoms with E-state index in [1.54, 1.807) is 35.4 Å². The van der Waals surface area contributed by atoms with Crippen molar-refractivity contribution in [3.05, 3.63) is 48.2 Å². The van der Waals surface area contributed by atoms with E-state index in [1.165, 1.54) is 0 Å². The molecule has 0 unspecified atom stereocenters. The van der Waals surface area contributed by atoms with Crippen molar-refractivity contribution in [2.45, 2.75) is 0 Å². The lowest BCUT2D eigenvalue weighted by Gasteiger charge is -2.35. The van der Waals surface area contributed by atoms with E-state index in [0.717, 1.165) is 5.82 Å². The second kappa shape index (κ2) is 7.61. The lowest BCUT2D eigenvalue weighted by atomic mass is 10.1. The lowest BCUT2D eigenvalue weighted by molar-refractivity contribution is -0.139. The highest BCUT2D eigenvalue weighted by Gasteiger charge is 2.22. The molecule has 8 heteroatoms. The predicted octanol–water partition coefficient (Wildman–Crippen LogP) is 0.902. The quantitative estimate of drug-likeness (QED) is 0.862. The van der Waals surface area contributed by atoms with Crippen molar-refractivity contribution in [3.8, 4) is 5.75 Å². The van der Waals surface area contributed by atoms with Crippen molar-refractivity contribution in [3.63, 3.8) is 0 Å². The molecule has 25 heavy (non-hydrogen) atoms. The van der Waals surface area contributed by atoms with E-state index >= 15 is 0 Å². The Kier molecular flexibility index (Phi) is 5.08. The Hall–Kier alpha value is -3.16. The zero-order valence-electron chi connectivity index (χ0n) is 13.5. The fourth-order valence-corrected chi connectivity index (χ4v) is 2.62. The van der Waals surface area contributed by atoms with Crippen molar-refractivity contribution >= 4 is 17.7 Å². The molecule has 1 amide bonds. The molecule has 0 spiro atoms. The first-order valence-electron chi connectivity index (χ1n) is 7.90. The number of ether oxygens (including phenoxy) is 1. The molecule has 2 heterocycles. The molecule has 0 radical (unpaired) electrons. The van der Waals surface area contributed by atoms with E-state index in [-0.39, 0.29) is 5.91 Å². The van der Waals surface area contributed by atoms with Crippen molar-refractivity contribution in [2.75, 3.05) is 37.7 Å². The zero-order chi connectivity index (χ0) is 17.6. The van der Waals surface area contributed by atoms with Crippen LogP contribution in [0.4, 0.5) is 5.82 Å². The van der Waals surface area contributed by atoms with E-state index in [2.05, 4.69) is 15.1 Å². The van der Waals surface area contributed by atoms with Gasteiger partial charge >= 0.3 is 5.97 Å². The normalized spacial score (nSPS) is 14.2. The second-order valence-electron chi connectivity index (χ2n) is 5.57. The average Bonchev–Trinajstić information content (AvgIpc) is 2.67. The van der Waals surface area contributed by atoms with Gasteiger partial charge < -0.3 is 19.6 Å². The van der Waals surface area contributed by atoms with Gasteiger partial charge in [-0.3, -0.25) is 4.79 Å². The Balaban J connectivity index is 1.56. The summed E-state index contributed by atoms with van der Waals surface area (Å²) in [7, 11) is 0. The number of nitrogens with zero attached hydrogens (tertiary/aromatic N) is 4. The highest BCUT2D eigenvalue weighted by atomic mass is 16.5. The predicted molar refractivity (Wildman–Crippen MR) is 89.7 cm³/mol. The van der Waals surface area contributed by atoms with Gasteiger partial charge in [0.1, 0.15) is 5.75 Å². The maximum atomic E-state index is 12.6. The molecule has 0 bridgehead atoms. The van der Waals surface area contributed by atoms with Crippen LogP contribution in [0, 0.1) is 0 Å². The van der Waals surface area contributed by atoms with E-state index < -0.39 is 12.6 Å². The number of carbonyl (C=O) groups is 2. The maximum Gasteiger partial charge on any atom is 0.341 e. The van der Waals surface area contributed by atoms with Crippen LogP contribution in [-0.4, -0.2) is 64.9 Å². The summed E-state index contributed by atoms with van der Waals surface area (Å²) in [5.74, 6) is 0.144. The number of carboxylic acid groups (broad SMARTS) is 1. The summed E-state index contributed by atoms with van der Waals surface area (Å²) < 4.78 is 5.07. The number of piperazine rings is 1. The molecule has 1 saturated heterocycles. The van der Waals surface area contributed by atoms with Gasteiger partial charge in [-0.05, 0) is 36.4 Å². The minimum absolute atomic E-state index is 0.0522. The average molecular weight is 342 g/mol. The van der Waals surface area contributed by atoms with Gasteiger partial charge in [0.2, 0.25) is 0 Å². The molecule has 0 atom stereocenters. The first-order chi connectivity index (χ1) is 12.1. The summed E-state index contributed by atoms with van der Waals surface area (Å²) in [6.07, 6.45) is 1.63. The summed E-state index contributed by atoms with van der Waals surface area (Å²) in [6, 6.07) is 10.2. The number of hydrogen-bond donors (Lipinski definition) is 1. The number of benzene rings is 1. The van der Waals surface area contributed by atoms with Crippen LogP contribution in [0.15, 0.2) is 42.6 Å². The van der Waals surface area contributed by atoms with Crippen LogP contribution >= 0.6 is 0 Å². The van der Waals surface area contributed by atoms with E-state index in [9.17, 15) is 9.59 Å². The summed E-state index contributed by atoms with van der Waals surface area (Å²) >= 11 is 0. The number of rotatable bonds is 5. The van der Waals surface area contributed by atoms with Gasteiger partial charge in [0.15, 0.2) is 12.4 Å². The molecular formula is C17H18N4O4. The molecular weight excluding hydrogens is 324 g/mol. The number of carbonyl (C=O) groups excluding carboxylic acids is 1. The van der Waals surface area contributed by atoms with Crippen molar-refractivity contribution in [1.82, 2.24) is 15.1 Å². The van der Waals surface area contributed by atoms with Gasteiger partial charge in [0, 0.05) is 37.9 Å². The molecule has 1 aliphatic heterocycles. The van der Waals surface area contributed by atoms with Crippen molar-refractivity contribution < 1.29 is 19.4 Å². The van der Waals surface area contributed by atoms with Crippen LogP contribution in [0.1, 0.15) is 10.4 Å². The van der Waals surface area contributed by atoms with Gasteiger partial charge in [-0.2, -0.15) is 5.10 Å². The number of amides is 1. The molecule has 1 aromatic carbocycles. The second-order valence-corrected chi connectivity index (χ2v) is 5.57. The van der Waals surface area contributed by atoms with E-state index in [0.29, 0.717) is 37.5 Å². The van der Waals surface area contributed by atoms with Crippen molar-refractivity contribution in [2.24, 2.45) is 0 Å². The van der Waals surface area contributed by atoms with Gasteiger partial charge in [0.05, 0.1) is 0 Å². The minimum Gasteiger partial charge on any atom is -0.482 e. The van der Waals surface area contributed by atoms with Gasteiger partial charge in [-0.25, -0.2) is 4.79 Å². The van der Waals surface area contributed by atoms with E-state index in [4.69, 9.17) is 9.84 Å². The molecule has 1 aliphatic rings. The van der Waals surface area contributed by atoms with Gasteiger partial charge in [0.25, 0.3) is 5.91 Å². The molecule has 130 valence electrons. The highest BCUT2D eigenvalue weighted by Crippen LogP contribution is 2.16. The Morgan fingerprint density at radius 1 is 1.08 bits per heavy atom. The Labute approximate surface area is 144 Å². The first kappa shape index (κ1) is 16.7. The Bertz CT molecular complexity index is 728.